The smallest absolute Gasteiger partial charge is 0.166 e. The Morgan fingerprint density at radius 1 is 0.889 bits per heavy atom. The molecule has 0 saturated carbocycles. The average Bonchev–Trinajstić information content (AvgIpc) is 2.32. The first-order chi connectivity index (χ1) is 8.66. The molecule has 2 N–H and O–H groups in total. The molecule has 0 heterocycles. The van der Waals surface area contributed by atoms with Gasteiger partial charge in [-0.2, -0.15) is 0 Å². The Balaban J connectivity index is 3.15. The number of rotatable bonds is 11. The van der Waals surface area contributed by atoms with Gasteiger partial charge < -0.3 is 10.6 Å². The van der Waals surface area contributed by atoms with Crippen LogP contribution in [0.5, 0.6) is 0 Å². The molecule has 0 aliphatic rings. The fourth-order valence-corrected chi connectivity index (χ4v) is 2.03. The van der Waals surface area contributed by atoms with Gasteiger partial charge in [-0.25, -0.2) is 0 Å². The van der Waals surface area contributed by atoms with Crippen molar-refractivity contribution in [2.24, 2.45) is 5.92 Å². The predicted octanol–water partition coefficient (Wildman–Crippen LogP) is 4.25. The van der Waals surface area contributed by atoms with Gasteiger partial charge in [-0.3, -0.25) is 0 Å². The highest BCUT2D eigenvalue weighted by Crippen LogP contribution is 2.06. The van der Waals surface area contributed by atoms with Crippen molar-refractivity contribution in [2.45, 2.75) is 72.1 Å². The first-order valence-corrected chi connectivity index (χ1v) is 8.09. The third kappa shape index (κ3) is 13.8. The molecule has 0 radical (unpaired) electrons. The number of unbranched alkanes of at least 4 members (excludes halogenated alkanes) is 6. The molecule has 0 atom stereocenters. The summed E-state index contributed by atoms with van der Waals surface area (Å²) in [5.41, 5.74) is 0. The Bertz CT molecular complexity index is 193. The second kappa shape index (κ2) is 13.1. The van der Waals surface area contributed by atoms with E-state index in [0.29, 0.717) is 0 Å². The molecular weight excluding hydrogens is 240 g/mol. The molecule has 0 amide bonds. The first kappa shape index (κ1) is 17.7. The van der Waals surface area contributed by atoms with Crippen LogP contribution in [0.15, 0.2) is 0 Å². The van der Waals surface area contributed by atoms with Crippen LogP contribution in [0.2, 0.25) is 0 Å². The Labute approximate surface area is 119 Å². The maximum absolute atomic E-state index is 5.22. The Morgan fingerprint density at radius 2 is 1.44 bits per heavy atom. The van der Waals surface area contributed by atoms with Gasteiger partial charge in [0, 0.05) is 13.1 Å². The number of hydrogen-bond donors (Lipinski definition) is 2. The SMILES string of the molecule is CCCCCCCCCNC(=S)NCCC(C)C. The van der Waals surface area contributed by atoms with E-state index >= 15 is 0 Å². The van der Waals surface area contributed by atoms with Crippen molar-refractivity contribution in [1.29, 1.82) is 0 Å². The van der Waals surface area contributed by atoms with Crippen LogP contribution in [0.25, 0.3) is 0 Å². The maximum atomic E-state index is 5.22. The van der Waals surface area contributed by atoms with Gasteiger partial charge in [0.15, 0.2) is 5.11 Å². The average molecular weight is 273 g/mol. The summed E-state index contributed by atoms with van der Waals surface area (Å²) in [4.78, 5) is 0. The molecule has 0 aliphatic heterocycles. The molecule has 0 unspecified atom stereocenters. The normalized spacial score (nSPS) is 10.7. The molecule has 3 heteroatoms. The standard InChI is InChI=1S/C15H32N2S/c1-4-5-6-7-8-9-10-12-16-15(18)17-13-11-14(2)3/h14H,4-13H2,1-3H3,(H2,16,17,18). The van der Waals surface area contributed by atoms with Crippen LogP contribution in [0, 0.1) is 5.92 Å². The van der Waals surface area contributed by atoms with E-state index in [1.54, 1.807) is 0 Å². The maximum Gasteiger partial charge on any atom is 0.166 e. The molecule has 18 heavy (non-hydrogen) atoms. The number of thiocarbonyl (C=S) groups is 1. The van der Waals surface area contributed by atoms with Gasteiger partial charge in [0.05, 0.1) is 0 Å². The topological polar surface area (TPSA) is 24.1 Å². The highest BCUT2D eigenvalue weighted by atomic mass is 32.1. The second-order valence-corrected chi connectivity index (χ2v) is 5.89. The summed E-state index contributed by atoms with van der Waals surface area (Å²) in [6.07, 6.45) is 10.6. The molecule has 0 fully saturated rings. The largest absolute Gasteiger partial charge is 0.363 e. The van der Waals surface area contributed by atoms with Crippen molar-refractivity contribution >= 4 is 17.3 Å². The van der Waals surface area contributed by atoms with E-state index in [1.165, 1.54) is 51.4 Å². The van der Waals surface area contributed by atoms with E-state index in [0.717, 1.165) is 24.1 Å². The summed E-state index contributed by atoms with van der Waals surface area (Å²) >= 11 is 5.22. The zero-order valence-electron chi connectivity index (χ0n) is 12.6. The molecular formula is C15H32N2S. The third-order valence-corrected chi connectivity index (χ3v) is 3.36. The molecule has 0 aromatic heterocycles. The zero-order valence-corrected chi connectivity index (χ0v) is 13.4. The monoisotopic (exact) mass is 272 g/mol. The van der Waals surface area contributed by atoms with E-state index in [2.05, 4.69) is 31.4 Å². The summed E-state index contributed by atoms with van der Waals surface area (Å²) in [7, 11) is 0. The van der Waals surface area contributed by atoms with Crippen LogP contribution >= 0.6 is 12.2 Å². The van der Waals surface area contributed by atoms with Gasteiger partial charge >= 0.3 is 0 Å². The van der Waals surface area contributed by atoms with Crippen LogP contribution in [0.4, 0.5) is 0 Å². The van der Waals surface area contributed by atoms with E-state index < -0.39 is 0 Å². The molecule has 0 bridgehead atoms. The van der Waals surface area contributed by atoms with Gasteiger partial charge in [-0.05, 0) is 31.0 Å². The van der Waals surface area contributed by atoms with Gasteiger partial charge in [0.2, 0.25) is 0 Å². The molecule has 0 aromatic rings. The Kier molecular flexibility index (Phi) is 12.9. The predicted molar refractivity (Wildman–Crippen MR) is 86.1 cm³/mol. The molecule has 108 valence electrons. The quantitative estimate of drug-likeness (QED) is 0.434. The van der Waals surface area contributed by atoms with Crippen molar-refractivity contribution in [3.63, 3.8) is 0 Å². The van der Waals surface area contributed by atoms with E-state index in [9.17, 15) is 0 Å². The Morgan fingerprint density at radius 3 is 2.06 bits per heavy atom. The fourth-order valence-electron chi connectivity index (χ4n) is 1.82. The Hall–Kier alpha value is -0.310. The first-order valence-electron chi connectivity index (χ1n) is 7.68. The van der Waals surface area contributed by atoms with Crippen LogP contribution in [0.3, 0.4) is 0 Å². The summed E-state index contributed by atoms with van der Waals surface area (Å²) in [6, 6.07) is 0. The van der Waals surface area contributed by atoms with Gasteiger partial charge in [0.25, 0.3) is 0 Å². The highest BCUT2D eigenvalue weighted by Gasteiger charge is 1.97. The van der Waals surface area contributed by atoms with E-state index in [4.69, 9.17) is 12.2 Å². The van der Waals surface area contributed by atoms with Crippen molar-refractivity contribution in [3.05, 3.63) is 0 Å². The lowest BCUT2D eigenvalue weighted by molar-refractivity contribution is 0.570. The molecule has 0 aliphatic carbocycles. The van der Waals surface area contributed by atoms with Crippen LogP contribution in [-0.2, 0) is 0 Å². The summed E-state index contributed by atoms with van der Waals surface area (Å²) in [5.74, 6) is 0.739. The highest BCUT2D eigenvalue weighted by molar-refractivity contribution is 7.80. The number of nitrogens with one attached hydrogen (secondary N) is 2. The minimum atomic E-state index is 0.739. The minimum absolute atomic E-state index is 0.739. The third-order valence-electron chi connectivity index (χ3n) is 3.07. The van der Waals surface area contributed by atoms with Gasteiger partial charge in [0.1, 0.15) is 0 Å². The van der Waals surface area contributed by atoms with Gasteiger partial charge in [-0.15, -0.1) is 0 Å². The fraction of sp³-hybridized carbons (Fsp3) is 0.933. The van der Waals surface area contributed by atoms with Gasteiger partial charge in [-0.1, -0.05) is 59.3 Å². The summed E-state index contributed by atoms with van der Waals surface area (Å²) in [5, 5.41) is 7.35. The van der Waals surface area contributed by atoms with E-state index in [1.807, 2.05) is 0 Å². The van der Waals surface area contributed by atoms with Crippen molar-refractivity contribution < 1.29 is 0 Å². The summed E-state index contributed by atoms with van der Waals surface area (Å²) in [6.45, 7) is 8.73. The minimum Gasteiger partial charge on any atom is -0.363 e. The molecule has 0 spiro atoms. The lowest BCUT2D eigenvalue weighted by Crippen LogP contribution is -2.36. The molecule has 0 saturated heterocycles. The number of hydrogen-bond acceptors (Lipinski definition) is 1. The van der Waals surface area contributed by atoms with Crippen LogP contribution in [0.1, 0.15) is 72.1 Å². The molecule has 0 aromatic carbocycles. The van der Waals surface area contributed by atoms with Crippen molar-refractivity contribution in [3.8, 4) is 0 Å². The van der Waals surface area contributed by atoms with Crippen LogP contribution < -0.4 is 10.6 Å². The van der Waals surface area contributed by atoms with Crippen LogP contribution in [-0.4, -0.2) is 18.2 Å². The molecule has 0 rings (SSSR count). The van der Waals surface area contributed by atoms with E-state index in [-0.39, 0.29) is 0 Å². The lowest BCUT2D eigenvalue weighted by atomic mass is 10.1. The zero-order chi connectivity index (χ0) is 13.6. The molecule has 2 nitrogen and oxygen atoms in total. The summed E-state index contributed by atoms with van der Waals surface area (Å²) < 4.78 is 0. The lowest BCUT2D eigenvalue weighted by Gasteiger charge is -2.11. The second-order valence-electron chi connectivity index (χ2n) is 5.49. The van der Waals surface area contributed by atoms with Crippen molar-refractivity contribution in [1.82, 2.24) is 10.6 Å². The van der Waals surface area contributed by atoms with Crippen molar-refractivity contribution in [2.75, 3.05) is 13.1 Å².